The Labute approximate surface area is 154 Å². The number of halogens is 1. The van der Waals surface area contributed by atoms with Crippen molar-refractivity contribution in [2.75, 3.05) is 13.2 Å². The second-order valence-electron chi connectivity index (χ2n) is 6.13. The van der Waals surface area contributed by atoms with Crippen LogP contribution >= 0.6 is 12.4 Å². The second-order valence-corrected chi connectivity index (χ2v) is 6.13. The van der Waals surface area contributed by atoms with Crippen molar-refractivity contribution in [3.05, 3.63) is 60.2 Å². The van der Waals surface area contributed by atoms with Crippen LogP contribution in [0, 0.1) is 0 Å². The van der Waals surface area contributed by atoms with Crippen molar-refractivity contribution >= 4 is 18.4 Å². The first kappa shape index (κ1) is 19.3. The van der Waals surface area contributed by atoms with Gasteiger partial charge in [-0.15, -0.1) is 12.4 Å². The largest absolute Gasteiger partial charge is 0.464 e. The molecule has 1 aliphatic rings. The molecule has 0 aliphatic carbocycles. The van der Waals surface area contributed by atoms with Crippen molar-refractivity contribution in [2.24, 2.45) is 0 Å². The first-order valence-electron chi connectivity index (χ1n) is 8.45. The van der Waals surface area contributed by atoms with Gasteiger partial charge in [-0.1, -0.05) is 30.3 Å². The van der Waals surface area contributed by atoms with E-state index < -0.39 is 0 Å². The summed E-state index contributed by atoms with van der Waals surface area (Å²) in [6.45, 7) is 3.33. The molecule has 1 aliphatic heterocycles. The van der Waals surface area contributed by atoms with Crippen LogP contribution in [0.25, 0.3) is 0 Å². The third-order valence-corrected chi connectivity index (χ3v) is 4.28. The Balaban J connectivity index is 0.00000225. The summed E-state index contributed by atoms with van der Waals surface area (Å²) in [4.78, 5) is 12.3. The Morgan fingerprint density at radius 3 is 2.64 bits per heavy atom. The summed E-state index contributed by atoms with van der Waals surface area (Å²) < 4.78 is 11.3. The molecule has 2 aromatic carbocycles. The predicted molar refractivity (Wildman–Crippen MR) is 101 cm³/mol. The maximum absolute atomic E-state index is 12.3. The Hall–Kier alpha value is -2.04. The number of rotatable bonds is 6. The fourth-order valence-corrected chi connectivity index (χ4v) is 2.81. The predicted octanol–water partition coefficient (Wildman–Crippen LogP) is 4.30. The summed E-state index contributed by atoms with van der Waals surface area (Å²) in [6.07, 6.45) is 2.22. The quantitative estimate of drug-likeness (QED) is 0.779. The van der Waals surface area contributed by atoms with Crippen LogP contribution in [0.3, 0.4) is 0 Å². The van der Waals surface area contributed by atoms with Crippen molar-refractivity contribution < 1.29 is 14.3 Å². The number of carbonyl (C=O) groups excluding carboxylic acids is 1. The van der Waals surface area contributed by atoms with Crippen LogP contribution in [-0.2, 0) is 9.53 Å². The van der Waals surface area contributed by atoms with Crippen LogP contribution in [0.5, 0.6) is 11.5 Å². The van der Waals surface area contributed by atoms with E-state index in [-0.39, 0.29) is 24.3 Å². The van der Waals surface area contributed by atoms with Crippen LogP contribution in [0.2, 0.25) is 0 Å². The zero-order valence-electron chi connectivity index (χ0n) is 14.3. The molecule has 0 aromatic heterocycles. The molecule has 2 unspecified atom stereocenters. The molecule has 1 N–H and O–H groups in total. The third kappa shape index (κ3) is 5.48. The molecule has 0 bridgehead atoms. The van der Waals surface area contributed by atoms with Gasteiger partial charge < -0.3 is 14.8 Å². The minimum Gasteiger partial charge on any atom is -0.464 e. The number of carbonyl (C=O) groups is 1. The number of nitrogens with one attached hydrogen (secondary N) is 1. The molecule has 3 rings (SSSR count). The lowest BCUT2D eigenvalue weighted by Gasteiger charge is -2.15. The molecule has 0 saturated carbocycles. The van der Waals surface area contributed by atoms with Crippen LogP contribution in [0.4, 0.5) is 0 Å². The molecule has 134 valence electrons. The molecule has 1 heterocycles. The molecule has 0 amide bonds. The lowest BCUT2D eigenvalue weighted by molar-refractivity contribution is -0.145. The molecule has 1 fully saturated rings. The van der Waals surface area contributed by atoms with Crippen LogP contribution in [0.1, 0.15) is 31.2 Å². The molecular formula is C20H24ClNO3. The SMILES string of the molecule is CC(C(=O)OCC1CCCN1)c1cccc(Oc2ccccc2)c1.Cl. The summed E-state index contributed by atoms with van der Waals surface area (Å²) in [5.41, 5.74) is 0.896. The van der Waals surface area contributed by atoms with Gasteiger partial charge in [0.2, 0.25) is 0 Å². The number of para-hydroxylation sites is 1. The number of benzene rings is 2. The molecule has 4 nitrogen and oxygen atoms in total. The first-order valence-corrected chi connectivity index (χ1v) is 8.45. The van der Waals surface area contributed by atoms with Gasteiger partial charge in [0.25, 0.3) is 0 Å². The number of hydrogen-bond acceptors (Lipinski definition) is 4. The molecule has 1 saturated heterocycles. The van der Waals surface area contributed by atoms with Gasteiger partial charge in [0.15, 0.2) is 0 Å². The van der Waals surface area contributed by atoms with E-state index in [0.29, 0.717) is 12.6 Å². The van der Waals surface area contributed by atoms with Crippen molar-refractivity contribution in [2.45, 2.75) is 31.7 Å². The topological polar surface area (TPSA) is 47.6 Å². The van der Waals surface area contributed by atoms with Crippen molar-refractivity contribution in [3.63, 3.8) is 0 Å². The Morgan fingerprint density at radius 2 is 1.92 bits per heavy atom. The average molecular weight is 362 g/mol. The van der Waals surface area contributed by atoms with Crippen molar-refractivity contribution in [3.8, 4) is 11.5 Å². The summed E-state index contributed by atoms with van der Waals surface area (Å²) in [7, 11) is 0. The zero-order chi connectivity index (χ0) is 16.8. The van der Waals surface area contributed by atoms with Gasteiger partial charge >= 0.3 is 5.97 Å². The lowest BCUT2D eigenvalue weighted by Crippen LogP contribution is -2.29. The second kappa shape index (κ2) is 9.44. The summed E-state index contributed by atoms with van der Waals surface area (Å²) in [6, 6.07) is 17.5. The Kier molecular flexibility index (Phi) is 7.29. The molecule has 25 heavy (non-hydrogen) atoms. The number of ether oxygens (including phenoxy) is 2. The van der Waals surface area contributed by atoms with E-state index in [4.69, 9.17) is 9.47 Å². The van der Waals surface area contributed by atoms with E-state index >= 15 is 0 Å². The fraction of sp³-hybridized carbons (Fsp3) is 0.350. The van der Waals surface area contributed by atoms with E-state index in [1.165, 1.54) is 0 Å². The molecule has 0 radical (unpaired) electrons. The van der Waals surface area contributed by atoms with Gasteiger partial charge in [0, 0.05) is 6.04 Å². The van der Waals surface area contributed by atoms with Crippen LogP contribution in [-0.4, -0.2) is 25.2 Å². The van der Waals surface area contributed by atoms with Gasteiger partial charge in [-0.25, -0.2) is 0 Å². The first-order chi connectivity index (χ1) is 11.7. The van der Waals surface area contributed by atoms with Gasteiger partial charge in [-0.3, -0.25) is 4.79 Å². The van der Waals surface area contributed by atoms with E-state index in [2.05, 4.69) is 5.32 Å². The molecule has 0 spiro atoms. The Morgan fingerprint density at radius 1 is 1.16 bits per heavy atom. The standard InChI is InChI=1S/C20H23NO3.ClH/c1-15(20(22)23-14-17-8-6-12-21-17)16-7-5-11-19(13-16)24-18-9-3-2-4-10-18;/h2-5,7,9-11,13,15,17,21H,6,8,12,14H2,1H3;1H. The van der Waals surface area contributed by atoms with Crippen LogP contribution < -0.4 is 10.1 Å². The number of hydrogen-bond donors (Lipinski definition) is 1. The van der Waals surface area contributed by atoms with Crippen molar-refractivity contribution in [1.82, 2.24) is 5.32 Å². The average Bonchev–Trinajstić information content (AvgIpc) is 3.14. The van der Waals surface area contributed by atoms with Gasteiger partial charge in [0.1, 0.15) is 18.1 Å². The van der Waals surface area contributed by atoms with E-state index in [1.807, 2.05) is 61.5 Å². The molecule has 2 atom stereocenters. The highest BCUT2D eigenvalue weighted by Gasteiger charge is 2.21. The van der Waals surface area contributed by atoms with E-state index in [9.17, 15) is 4.79 Å². The highest BCUT2D eigenvalue weighted by molar-refractivity contribution is 5.85. The molecular weight excluding hydrogens is 338 g/mol. The Bertz CT molecular complexity index is 672. The molecule has 2 aromatic rings. The smallest absolute Gasteiger partial charge is 0.313 e. The third-order valence-electron chi connectivity index (χ3n) is 4.28. The maximum Gasteiger partial charge on any atom is 0.313 e. The van der Waals surface area contributed by atoms with E-state index in [1.54, 1.807) is 0 Å². The zero-order valence-corrected chi connectivity index (χ0v) is 15.1. The summed E-state index contributed by atoms with van der Waals surface area (Å²) in [5, 5.41) is 3.33. The highest BCUT2D eigenvalue weighted by Crippen LogP contribution is 2.26. The summed E-state index contributed by atoms with van der Waals surface area (Å²) >= 11 is 0. The minimum absolute atomic E-state index is 0. The lowest BCUT2D eigenvalue weighted by atomic mass is 10.0. The van der Waals surface area contributed by atoms with Gasteiger partial charge in [-0.05, 0) is 56.1 Å². The highest BCUT2D eigenvalue weighted by atomic mass is 35.5. The van der Waals surface area contributed by atoms with Crippen molar-refractivity contribution in [1.29, 1.82) is 0 Å². The van der Waals surface area contributed by atoms with Gasteiger partial charge in [0.05, 0.1) is 5.92 Å². The minimum atomic E-state index is -0.314. The van der Waals surface area contributed by atoms with Crippen LogP contribution in [0.15, 0.2) is 54.6 Å². The van der Waals surface area contributed by atoms with E-state index in [0.717, 1.165) is 36.4 Å². The molecule has 5 heteroatoms. The normalized spacial score (nSPS) is 17.4. The fourth-order valence-electron chi connectivity index (χ4n) is 2.81. The maximum atomic E-state index is 12.3. The summed E-state index contributed by atoms with van der Waals surface area (Å²) in [5.74, 6) is 0.985. The van der Waals surface area contributed by atoms with Gasteiger partial charge in [-0.2, -0.15) is 0 Å². The monoisotopic (exact) mass is 361 g/mol. The number of esters is 1.